The van der Waals surface area contributed by atoms with Crippen LogP contribution in [0.1, 0.15) is 56.4 Å². The summed E-state index contributed by atoms with van der Waals surface area (Å²) in [5.41, 5.74) is 3.20. The van der Waals surface area contributed by atoms with Gasteiger partial charge < -0.3 is 15.1 Å². The first kappa shape index (κ1) is 22.7. The van der Waals surface area contributed by atoms with Crippen LogP contribution in [0.3, 0.4) is 0 Å². The molecule has 0 saturated carbocycles. The normalized spacial score (nSPS) is 21.1. The number of aryl methyl sites for hydroxylation is 2. The second-order valence-corrected chi connectivity index (χ2v) is 9.88. The van der Waals surface area contributed by atoms with Crippen molar-refractivity contribution in [1.82, 2.24) is 20.2 Å². The highest BCUT2D eigenvalue weighted by Gasteiger charge is 2.43. The molecule has 3 N–H and O–H groups in total. The molecule has 0 aliphatic carbocycles. The van der Waals surface area contributed by atoms with Crippen molar-refractivity contribution < 1.29 is 24.6 Å². The Kier molecular flexibility index (Phi) is 6.01. The average Bonchev–Trinajstić information content (AvgIpc) is 3.42. The third-order valence-electron chi connectivity index (χ3n) is 5.80. The van der Waals surface area contributed by atoms with Gasteiger partial charge in [0.15, 0.2) is 0 Å². The molecule has 0 radical (unpaired) electrons. The molecule has 2 aliphatic heterocycles. The quantitative estimate of drug-likeness (QED) is 0.610. The zero-order valence-electron chi connectivity index (χ0n) is 18.9. The summed E-state index contributed by atoms with van der Waals surface area (Å²) >= 11 is 1.34. The number of carbonyl (C=O) groups is 2. The molecule has 0 bridgehead atoms. The van der Waals surface area contributed by atoms with Crippen LogP contribution >= 0.6 is 11.3 Å². The first-order valence-electron chi connectivity index (χ1n) is 10.6. The highest BCUT2D eigenvalue weighted by molar-refractivity contribution is 7.17. The molecule has 4 rings (SSSR count). The molecule has 2 aromatic heterocycles. The van der Waals surface area contributed by atoms with Crippen molar-refractivity contribution in [2.24, 2.45) is 5.92 Å². The number of carbonyl (C=O) groups excluding carboxylic acids is 2. The number of fused-ring (bicyclic) bond motifs is 1. The smallest absolute Gasteiger partial charge is 0.279 e. The monoisotopic (exact) mass is 463 g/mol. The number of aliphatic hydroxyl groups is 2. The standard InChI is InChI=1S/C21H29N5O5S/c1-10(2)7-25-20-17(18(28)24(5)21(25)30)16(19(29)26-8-13(27)9-31-26)15(32-20)6-14-11(3)22-23-12(14)4/h10,13,21,27,30H,6-9H2,1-5H3,(H,22,23)/t13-,21?/m0/s1. The fourth-order valence-corrected chi connectivity index (χ4v) is 5.44. The Morgan fingerprint density at radius 2 is 2.06 bits per heavy atom. The van der Waals surface area contributed by atoms with E-state index in [1.165, 1.54) is 23.3 Å². The molecule has 1 fully saturated rings. The number of hydrogen-bond donors (Lipinski definition) is 3. The zero-order valence-corrected chi connectivity index (χ0v) is 19.7. The van der Waals surface area contributed by atoms with Gasteiger partial charge in [-0.2, -0.15) is 5.10 Å². The summed E-state index contributed by atoms with van der Waals surface area (Å²) in [5, 5.41) is 29.6. The number of nitrogens with one attached hydrogen (secondary N) is 1. The van der Waals surface area contributed by atoms with Crippen molar-refractivity contribution >= 4 is 28.2 Å². The predicted molar refractivity (Wildman–Crippen MR) is 118 cm³/mol. The summed E-state index contributed by atoms with van der Waals surface area (Å²) < 4.78 is 0. The summed E-state index contributed by atoms with van der Waals surface area (Å²) in [4.78, 5) is 35.9. The first-order chi connectivity index (χ1) is 15.1. The fraction of sp³-hybridized carbons (Fsp3) is 0.571. The Morgan fingerprint density at radius 3 is 2.62 bits per heavy atom. The predicted octanol–water partition coefficient (Wildman–Crippen LogP) is 1.25. The van der Waals surface area contributed by atoms with Crippen molar-refractivity contribution in [2.45, 2.75) is 46.6 Å². The molecule has 2 aliphatic rings. The van der Waals surface area contributed by atoms with Crippen molar-refractivity contribution in [3.05, 3.63) is 33.0 Å². The number of β-amino-alcohol motifs (C(OH)–C–C–N with tert-alkyl or cyclic N) is 1. The molecule has 32 heavy (non-hydrogen) atoms. The third-order valence-corrected chi connectivity index (χ3v) is 7.03. The van der Waals surface area contributed by atoms with Gasteiger partial charge in [-0.3, -0.25) is 24.4 Å². The van der Waals surface area contributed by atoms with Gasteiger partial charge in [-0.25, -0.2) is 5.06 Å². The second kappa shape index (κ2) is 8.47. The van der Waals surface area contributed by atoms with E-state index >= 15 is 0 Å². The Morgan fingerprint density at radius 1 is 1.34 bits per heavy atom. The second-order valence-electron chi connectivity index (χ2n) is 8.79. The number of aromatic nitrogens is 2. The molecule has 4 heterocycles. The molecular weight excluding hydrogens is 434 g/mol. The maximum Gasteiger partial charge on any atom is 0.279 e. The third kappa shape index (κ3) is 3.79. The van der Waals surface area contributed by atoms with E-state index in [0.717, 1.165) is 22.0 Å². The van der Waals surface area contributed by atoms with Crippen molar-refractivity contribution in [3.63, 3.8) is 0 Å². The van der Waals surface area contributed by atoms with E-state index in [1.807, 2.05) is 27.7 Å². The molecule has 11 heteroatoms. The molecule has 2 aromatic rings. The number of amides is 2. The minimum Gasteiger partial charge on any atom is -0.389 e. The van der Waals surface area contributed by atoms with E-state index in [4.69, 9.17) is 4.84 Å². The molecule has 1 unspecified atom stereocenters. The lowest BCUT2D eigenvalue weighted by Gasteiger charge is -2.40. The van der Waals surface area contributed by atoms with Gasteiger partial charge >= 0.3 is 0 Å². The van der Waals surface area contributed by atoms with Crippen LogP contribution in [0.25, 0.3) is 0 Å². The van der Waals surface area contributed by atoms with Crippen LogP contribution in [0.5, 0.6) is 0 Å². The summed E-state index contributed by atoms with van der Waals surface area (Å²) in [6, 6.07) is 0. The Labute approximate surface area is 190 Å². The van der Waals surface area contributed by atoms with Gasteiger partial charge in [0, 0.05) is 36.1 Å². The number of hydrogen-bond acceptors (Lipinski definition) is 8. The van der Waals surface area contributed by atoms with E-state index in [-0.39, 0.29) is 30.2 Å². The van der Waals surface area contributed by atoms with Gasteiger partial charge in [-0.1, -0.05) is 13.8 Å². The van der Waals surface area contributed by atoms with Crippen LogP contribution in [-0.2, 0) is 11.3 Å². The van der Waals surface area contributed by atoms with Crippen LogP contribution in [0.15, 0.2) is 0 Å². The topological polar surface area (TPSA) is 122 Å². The lowest BCUT2D eigenvalue weighted by Crippen LogP contribution is -2.54. The molecule has 174 valence electrons. The van der Waals surface area contributed by atoms with Crippen LogP contribution in [0, 0.1) is 19.8 Å². The summed E-state index contributed by atoms with van der Waals surface area (Å²) in [7, 11) is 1.52. The van der Waals surface area contributed by atoms with Crippen molar-refractivity contribution in [2.75, 3.05) is 31.6 Å². The Balaban J connectivity index is 1.87. The van der Waals surface area contributed by atoms with Crippen LogP contribution in [-0.4, -0.2) is 81.4 Å². The van der Waals surface area contributed by atoms with Crippen LogP contribution in [0.2, 0.25) is 0 Å². The Bertz CT molecular complexity index is 1030. The average molecular weight is 464 g/mol. The van der Waals surface area contributed by atoms with E-state index < -0.39 is 24.3 Å². The molecule has 2 atom stereocenters. The van der Waals surface area contributed by atoms with Gasteiger partial charge in [0.2, 0.25) is 6.35 Å². The molecular formula is C21H29N5O5S. The summed E-state index contributed by atoms with van der Waals surface area (Å²) in [6.07, 6.45) is -1.48. The number of hydroxylamine groups is 2. The lowest BCUT2D eigenvalue weighted by molar-refractivity contribution is -0.0780. The SMILES string of the molecule is Cc1n[nH]c(C)c1Cc1sc2c(c1C(=O)N1C[C@H](O)CO1)C(=O)N(C)C(O)N2CC(C)C. The van der Waals surface area contributed by atoms with Crippen LogP contribution < -0.4 is 4.90 Å². The van der Waals surface area contributed by atoms with Crippen LogP contribution in [0.4, 0.5) is 5.00 Å². The maximum atomic E-state index is 13.5. The van der Waals surface area contributed by atoms with Crippen molar-refractivity contribution in [1.29, 1.82) is 0 Å². The van der Waals surface area contributed by atoms with Gasteiger partial charge in [-0.15, -0.1) is 11.3 Å². The largest absolute Gasteiger partial charge is 0.389 e. The van der Waals surface area contributed by atoms with Gasteiger partial charge in [0.25, 0.3) is 11.8 Å². The highest BCUT2D eigenvalue weighted by atomic mass is 32.1. The number of aromatic amines is 1. The Hall–Kier alpha value is -2.47. The molecule has 10 nitrogen and oxygen atoms in total. The number of thiophene rings is 1. The number of rotatable bonds is 5. The minimum absolute atomic E-state index is 0.0272. The van der Waals surface area contributed by atoms with E-state index in [2.05, 4.69) is 10.2 Å². The van der Waals surface area contributed by atoms with Gasteiger partial charge in [-0.05, 0) is 19.8 Å². The number of H-pyrrole nitrogens is 1. The van der Waals surface area contributed by atoms with Gasteiger partial charge in [0.05, 0.1) is 23.4 Å². The van der Waals surface area contributed by atoms with Crippen molar-refractivity contribution in [3.8, 4) is 0 Å². The molecule has 0 spiro atoms. The fourth-order valence-electron chi connectivity index (χ4n) is 4.12. The number of anilines is 1. The maximum absolute atomic E-state index is 13.5. The first-order valence-corrected chi connectivity index (χ1v) is 11.4. The summed E-state index contributed by atoms with van der Waals surface area (Å²) in [5.74, 6) is -0.659. The molecule has 0 aromatic carbocycles. The number of nitrogens with zero attached hydrogens (tertiary/aromatic N) is 4. The molecule has 2 amide bonds. The van der Waals surface area contributed by atoms with E-state index in [9.17, 15) is 19.8 Å². The minimum atomic E-state index is -1.12. The zero-order chi connectivity index (χ0) is 23.3. The number of aliphatic hydroxyl groups excluding tert-OH is 2. The van der Waals surface area contributed by atoms with E-state index in [1.54, 1.807) is 4.90 Å². The molecule has 1 saturated heterocycles. The summed E-state index contributed by atoms with van der Waals surface area (Å²) in [6.45, 7) is 8.44. The lowest BCUT2D eigenvalue weighted by atomic mass is 10.0. The highest BCUT2D eigenvalue weighted by Crippen LogP contribution is 2.43. The van der Waals surface area contributed by atoms with Gasteiger partial charge in [0.1, 0.15) is 17.7 Å². The van der Waals surface area contributed by atoms with E-state index in [0.29, 0.717) is 22.8 Å².